The molecule has 0 bridgehead atoms. The Hall–Kier alpha value is -1.44. The first kappa shape index (κ1) is 14.0. The molecule has 1 aliphatic rings. The summed E-state index contributed by atoms with van der Waals surface area (Å²) in [7, 11) is 1.74. The summed E-state index contributed by atoms with van der Waals surface area (Å²) in [6, 6.07) is 1.61. The van der Waals surface area contributed by atoms with Crippen LogP contribution in [0.1, 0.15) is 29.6 Å². The molecule has 0 spiro atoms. The van der Waals surface area contributed by atoms with Crippen molar-refractivity contribution in [2.75, 3.05) is 20.2 Å². The molecule has 19 heavy (non-hydrogen) atoms. The highest BCUT2D eigenvalue weighted by atomic mass is 16.5. The summed E-state index contributed by atoms with van der Waals surface area (Å²) in [5.41, 5.74) is 2.23. The van der Waals surface area contributed by atoms with E-state index in [2.05, 4.69) is 17.0 Å². The summed E-state index contributed by atoms with van der Waals surface area (Å²) in [6.45, 7) is 4.66. The molecule has 1 amide bonds. The van der Waals surface area contributed by atoms with Gasteiger partial charge in [0.25, 0.3) is 5.91 Å². The summed E-state index contributed by atoms with van der Waals surface area (Å²) < 4.78 is 10.6. The van der Waals surface area contributed by atoms with Crippen LogP contribution in [0.4, 0.5) is 0 Å². The van der Waals surface area contributed by atoms with Gasteiger partial charge in [0, 0.05) is 19.7 Å². The van der Waals surface area contributed by atoms with E-state index in [0.29, 0.717) is 18.2 Å². The number of aromatic nitrogens is 1. The molecule has 2 unspecified atom stereocenters. The first-order valence-corrected chi connectivity index (χ1v) is 6.35. The lowest BCUT2D eigenvalue weighted by molar-refractivity contribution is -0.00961. The molecule has 7 nitrogen and oxygen atoms in total. The summed E-state index contributed by atoms with van der Waals surface area (Å²) in [5, 5.41) is 3.68. The minimum Gasteiger partial charge on any atom is -0.380 e. The average molecular weight is 268 g/mol. The average Bonchev–Trinajstić information content (AvgIpc) is 2.88. The highest BCUT2D eigenvalue weighted by molar-refractivity contribution is 5.91. The molecule has 0 radical (unpaired) electrons. The van der Waals surface area contributed by atoms with Gasteiger partial charge in [-0.25, -0.2) is 5.84 Å². The fourth-order valence-electron chi connectivity index (χ4n) is 2.34. The van der Waals surface area contributed by atoms with Crippen LogP contribution in [0.2, 0.25) is 0 Å². The van der Waals surface area contributed by atoms with Gasteiger partial charge < -0.3 is 9.26 Å². The van der Waals surface area contributed by atoms with Crippen molar-refractivity contribution in [2.24, 2.45) is 11.8 Å². The largest absolute Gasteiger partial charge is 0.380 e. The lowest BCUT2D eigenvalue weighted by Gasteiger charge is -2.35. The minimum atomic E-state index is -0.447. The number of nitrogens with two attached hydrogens (primary N) is 1. The molecular weight excluding hydrogens is 248 g/mol. The number of carbonyl (C=O) groups is 1. The predicted octanol–water partition coefficient (Wildman–Crippen LogP) is 0.135. The summed E-state index contributed by atoms with van der Waals surface area (Å²) in [6.07, 6.45) is 1.33. The fourth-order valence-corrected chi connectivity index (χ4v) is 2.34. The van der Waals surface area contributed by atoms with Crippen LogP contribution in [0.3, 0.4) is 0 Å². The van der Waals surface area contributed by atoms with Gasteiger partial charge in [-0.1, -0.05) is 12.1 Å². The SMILES string of the molecule is COC1CN(Cc2cc(C(=O)NN)no2)CCC1C. The quantitative estimate of drug-likeness (QED) is 0.458. The lowest BCUT2D eigenvalue weighted by Crippen LogP contribution is -2.43. The van der Waals surface area contributed by atoms with Crippen molar-refractivity contribution in [2.45, 2.75) is 26.0 Å². The standard InChI is InChI=1S/C12H20N4O3/c1-8-3-4-16(7-11(8)18-2)6-9-5-10(15-19-9)12(17)14-13/h5,8,11H,3-4,6-7,13H2,1-2H3,(H,14,17). The highest BCUT2D eigenvalue weighted by Crippen LogP contribution is 2.21. The predicted molar refractivity (Wildman–Crippen MR) is 68.0 cm³/mol. The third-order valence-corrected chi connectivity index (χ3v) is 3.58. The minimum absolute atomic E-state index is 0.200. The molecule has 2 rings (SSSR count). The van der Waals surface area contributed by atoms with Gasteiger partial charge in [0.15, 0.2) is 11.5 Å². The maximum Gasteiger partial charge on any atom is 0.287 e. The van der Waals surface area contributed by atoms with E-state index in [1.165, 1.54) is 0 Å². The highest BCUT2D eigenvalue weighted by Gasteiger charge is 2.26. The topological polar surface area (TPSA) is 93.6 Å². The maximum atomic E-state index is 11.3. The first-order valence-electron chi connectivity index (χ1n) is 6.35. The molecular formula is C12H20N4O3. The van der Waals surface area contributed by atoms with Crippen LogP contribution in [0, 0.1) is 5.92 Å². The summed E-state index contributed by atoms with van der Waals surface area (Å²) in [4.78, 5) is 13.5. The summed E-state index contributed by atoms with van der Waals surface area (Å²) in [5.74, 6) is 5.81. The molecule has 7 heteroatoms. The van der Waals surface area contributed by atoms with Gasteiger partial charge in [0.2, 0.25) is 0 Å². The zero-order valence-corrected chi connectivity index (χ0v) is 11.3. The molecule has 1 fully saturated rings. The molecule has 3 N–H and O–H groups in total. The Morgan fingerprint density at radius 1 is 1.74 bits per heavy atom. The third-order valence-electron chi connectivity index (χ3n) is 3.58. The van der Waals surface area contributed by atoms with Crippen molar-refractivity contribution < 1.29 is 14.1 Å². The third kappa shape index (κ3) is 3.31. The number of methoxy groups -OCH3 is 1. The monoisotopic (exact) mass is 268 g/mol. The van der Waals surface area contributed by atoms with Crippen LogP contribution in [0.25, 0.3) is 0 Å². The van der Waals surface area contributed by atoms with Crippen molar-refractivity contribution in [1.82, 2.24) is 15.5 Å². The van der Waals surface area contributed by atoms with Gasteiger partial charge in [-0.05, 0) is 18.9 Å². The van der Waals surface area contributed by atoms with E-state index in [-0.39, 0.29) is 11.8 Å². The second-order valence-corrected chi connectivity index (χ2v) is 4.93. The zero-order chi connectivity index (χ0) is 13.8. The van der Waals surface area contributed by atoms with E-state index < -0.39 is 5.91 Å². The van der Waals surface area contributed by atoms with E-state index in [0.717, 1.165) is 19.5 Å². The summed E-state index contributed by atoms with van der Waals surface area (Å²) >= 11 is 0. The van der Waals surface area contributed by atoms with Crippen molar-refractivity contribution in [3.05, 3.63) is 17.5 Å². The van der Waals surface area contributed by atoms with E-state index in [9.17, 15) is 4.79 Å². The second-order valence-electron chi connectivity index (χ2n) is 4.93. The molecule has 0 saturated carbocycles. The van der Waals surface area contributed by atoms with Gasteiger partial charge in [-0.2, -0.15) is 0 Å². The van der Waals surface area contributed by atoms with Crippen molar-refractivity contribution >= 4 is 5.91 Å². The number of nitrogen functional groups attached to an aromatic ring is 1. The number of hydrogen-bond acceptors (Lipinski definition) is 6. The van der Waals surface area contributed by atoms with Crippen LogP contribution in [0.5, 0.6) is 0 Å². The van der Waals surface area contributed by atoms with Crippen LogP contribution in [-0.4, -0.2) is 42.3 Å². The molecule has 1 saturated heterocycles. The van der Waals surface area contributed by atoms with E-state index in [4.69, 9.17) is 15.1 Å². The van der Waals surface area contributed by atoms with Crippen LogP contribution < -0.4 is 11.3 Å². The molecule has 1 aromatic heterocycles. The Morgan fingerprint density at radius 3 is 3.21 bits per heavy atom. The van der Waals surface area contributed by atoms with Gasteiger partial charge in [0.05, 0.1) is 12.6 Å². The van der Waals surface area contributed by atoms with Gasteiger partial charge in [-0.3, -0.25) is 15.1 Å². The van der Waals surface area contributed by atoms with Crippen molar-refractivity contribution in [1.29, 1.82) is 0 Å². The van der Waals surface area contributed by atoms with Crippen molar-refractivity contribution in [3.8, 4) is 0 Å². The second kappa shape index (κ2) is 6.14. The van der Waals surface area contributed by atoms with E-state index >= 15 is 0 Å². The molecule has 106 valence electrons. The van der Waals surface area contributed by atoms with E-state index in [1.807, 2.05) is 5.43 Å². The number of hydrazine groups is 1. The normalized spacial score (nSPS) is 24.4. The van der Waals surface area contributed by atoms with Crippen molar-refractivity contribution in [3.63, 3.8) is 0 Å². The van der Waals surface area contributed by atoms with Gasteiger partial charge >= 0.3 is 0 Å². The maximum absolute atomic E-state index is 11.3. The number of likely N-dealkylation sites (tertiary alicyclic amines) is 1. The number of nitrogens with one attached hydrogen (secondary N) is 1. The Labute approximate surface area is 112 Å². The Morgan fingerprint density at radius 2 is 2.53 bits per heavy atom. The Kier molecular flexibility index (Phi) is 4.52. The van der Waals surface area contributed by atoms with Gasteiger partial charge in [-0.15, -0.1) is 0 Å². The molecule has 0 aliphatic carbocycles. The van der Waals surface area contributed by atoms with Crippen LogP contribution in [-0.2, 0) is 11.3 Å². The zero-order valence-electron chi connectivity index (χ0n) is 11.3. The first-order chi connectivity index (χ1) is 9.13. The number of carbonyl (C=O) groups excluding carboxylic acids is 1. The Balaban J connectivity index is 1.94. The smallest absolute Gasteiger partial charge is 0.287 e. The fraction of sp³-hybridized carbons (Fsp3) is 0.667. The molecule has 1 aromatic rings. The van der Waals surface area contributed by atoms with Gasteiger partial charge in [0.1, 0.15) is 0 Å². The lowest BCUT2D eigenvalue weighted by atomic mass is 9.96. The Bertz CT molecular complexity index is 434. The number of rotatable bonds is 4. The van der Waals surface area contributed by atoms with E-state index in [1.54, 1.807) is 13.2 Å². The van der Waals surface area contributed by atoms with Crippen LogP contribution >= 0.6 is 0 Å². The molecule has 2 atom stereocenters. The molecule has 2 heterocycles. The molecule has 0 aromatic carbocycles. The number of piperidine rings is 1. The van der Waals surface area contributed by atoms with Crippen LogP contribution in [0.15, 0.2) is 10.6 Å². The number of amides is 1. The molecule has 1 aliphatic heterocycles. The number of ether oxygens (including phenoxy) is 1. The number of hydrogen-bond donors (Lipinski definition) is 2. The number of nitrogens with zero attached hydrogens (tertiary/aromatic N) is 2.